The molecule has 4 rings (SSSR count). The van der Waals surface area contributed by atoms with Crippen LogP contribution in [-0.2, 0) is 16.1 Å². The Hall–Kier alpha value is -4.07. The van der Waals surface area contributed by atoms with Gasteiger partial charge in [-0.25, -0.2) is 9.18 Å². The van der Waals surface area contributed by atoms with Gasteiger partial charge in [0.05, 0.1) is 0 Å². The van der Waals surface area contributed by atoms with Gasteiger partial charge in [-0.3, -0.25) is 4.79 Å². The number of anilines is 1. The van der Waals surface area contributed by atoms with E-state index < -0.39 is 18.0 Å². The van der Waals surface area contributed by atoms with Crippen LogP contribution in [0.4, 0.5) is 10.1 Å². The minimum Gasteiger partial charge on any atom is -0.488 e. The van der Waals surface area contributed by atoms with Crippen molar-refractivity contribution in [3.05, 3.63) is 83.7 Å². The molecule has 3 aromatic rings. The molecule has 0 radical (unpaired) electrons. The molecule has 1 N–H and O–H groups in total. The number of amides is 1. The summed E-state index contributed by atoms with van der Waals surface area (Å²) in [6.07, 6.45) is -1.06. The highest BCUT2D eigenvalue weighted by molar-refractivity contribution is 5.98. The van der Waals surface area contributed by atoms with E-state index in [2.05, 4.69) is 5.32 Å². The molecule has 0 saturated heterocycles. The lowest BCUT2D eigenvalue weighted by molar-refractivity contribution is -0.123. The van der Waals surface area contributed by atoms with Crippen LogP contribution >= 0.6 is 0 Å². The molecule has 1 atom stereocenters. The lowest BCUT2D eigenvalue weighted by Gasteiger charge is -2.15. The Labute approximate surface area is 183 Å². The number of benzene rings is 3. The quantitative estimate of drug-likeness (QED) is 0.555. The van der Waals surface area contributed by atoms with Crippen molar-refractivity contribution >= 4 is 17.6 Å². The smallest absolute Gasteiger partial charge is 0.342 e. The Morgan fingerprint density at radius 3 is 2.59 bits per heavy atom. The molecular weight excluding hydrogens is 417 g/mol. The first-order chi connectivity index (χ1) is 15.5. The lowest BCUT2D eigenvalue weighted by Crippen LogP contribution is -2.30. The largest absolute Gasteiger partial charge is 0.488 e. The number of hydrogen-bond acceptors (Lipinski definition) is 6. The first-order valence-corrected chi connectivity index (χ1v) is 9.87. The van der Waals surface area contributed by atoms with Gasteiger partial charge in [0.25, 0.3) is 5.91 Å². The highest BCUT2D eigenvalue weighted by atomic mass is 19.1. The van der Waals surface area contributed by atoms with Gasteiger partial charge < -0.3 is 24.3 Å². The maximum absolute atomic E-state index is 13.1. The van der Waals surface area contributed by atoms with Crippen LogP contribution in [0.2, 0.25) is 0 Å². The van der Waals surface area contributed by atoms with E-state index in [1.165, 1.54) is 19.1 Å². The van der Waals surface area contributed by atoms with Crippen molar-refractivity contribution in [1.82, 2.24) is 0 Å². The first kappa shape index (κ1) is 21.2. The fourth-order valence-electron chi connectivity index (χ4n) is 3.00. The first-order valence-electron chi connectivity index (χ1n) is 9.87. The van der Waals surface area contributed by atoms with E-state index in [0.717, 1.165) is 5.56 Å². The summed E-state index contributed by atoms with van der Waals surface area (Å²) in [6, 6.07) is 17.4. The van der Waals surface area contributed by atoms with Crippen LogP contribution in [0.1, 0.15) is 22.8 Å². The molecule has 1 amide bonds. The van der Waals surface area contributed by atoms with Gasteiger partial charge in [0.15, 0.2) is 17.6 Å². The molecule has 0 bridgehead atoms. The molecule has 0 spiro atoms. The van der Waals surface area contributed by atoms with Gasteiger partial charge in [0.2, 0.25) is 6.79 Å². The van der Waals surface area contributed by atoms with Gasteiger partial charge in [0, 0.05) is 11.8 Å². The van der Waals surface area contributed by atoms with Crippen molar-refractivity contribution in [2.45, 2.75) is 19.6 Å². The molecule has 32 heavy (non-hydrogen) atoms. The predicted molar refractivity (Wildman–Crippen MR) is 113 cm³/mol. The number of hydrogen-bond donors (Lipinski definition) is 1. The molecule has 0 aromatic heterocycles. The van der Waals surface area contributed by atoms with E-state index in [1.807, 2.05) is 0 Å². The van der Waals surface area contributed by atoms with Crippen molar-refractivity contribution in [1.29, 1.82) is 0 Å². The molecule has 0 saturated carbocycles. The third-order valence-corrected chi connectivity index (χ3v) is 4.71. The molecule has 0 fully saturated rings. The summed E-state index contributed by atoms with van der Waals surface area (Å²) in [5.74, 6) is -0.120. The van der Waals surface area contributed by atoms with E-state index in [0.29, 0.717) is 22.9 Å². The third-order valence-electron chi connectivity index (χ3n) is 4.71. The lowest BCUT2D eigenvalue weighted by atomic mass is 10.2. The zero-order chi connectivity index (χ0) is 22.5. The Balaban J connectivity index is 1.37. The average molecular weight is 437 g/mol. The number of fused-ring (bicyclic) bond motifs is 1. The third kappa shape index (κ3) is 4.97. The predicted octanol–water partition coefficient (Wildman–Crippen LogP) is 4.32. The van der Waals surface area contributed by atoms with E-state index >= 15 is 0 Å². The van der Waals surface area contributed by atoms with Crippen molar-refractivity contribution < 1.29 is 32.9 Å². The minimum atomic E-state index is -1.06. The summed E-state index contributed by atoms with van der Waals surface area (Å²) in [4.78, 5) is 25.2. The van der Waals surface area contributed by atoms with Gasteiger partial charge in [0.1, 0.15) is 23.7 Å². The Kier molecular flexibility index (Phi) is 6.21. The molecule has 0 aliphatic carbocycles. The maximum Gasteiger partial charge on any atom is 0.342 e. The molecule has 0 unspecified atom stereocenters. The fourth-order valence-corrected chi connectivity index (χ4v) is 3.00. The highest BCUT2D eigenvalue weighted by Gasteiger charge is 2.22. The maximum atomic E-state index is 13.1. The topological polar surface area (TPSA) is 83.1 Å². The van der Waals surface area contributed by atoms with Gasteiger partial charge in [-0.15, -0.1) is 0 Å². The number of ether oxygens (including phenoxy) is 4. The zero-order valence-electron chi connectivity index (χ0n) is 17.2. The summed E-state index contributed by atoms with van der Waals surface area (Å²) >= 11 is 0. The molecule has 8 heteroatoms. The average Bonchev–Trinajstić information content (AvgIpc) is 3.26. The number of para-hydroxylation sites is 1. The molecule has 1 heterocycles. The van der Waals surface area contributed by atoms with Crippen LogP contribution in [0.5, 0.6) is 17.2 Å². The monoisotopic (exact) mass is 437 g/mol. The second-order valence-electron chi connectivity index (χ2n) is 7.02. The van der Waals surface area contributed by atoms with E-state index in [1.54, 1.807) is 54.6 Å². The number of halogens is 1. The molecule has 1 aliphatic heterocycles. The van der Waals surface area contributed by atoms with Crippen LogP contribution in [-0.4, -0.2) is 24.8 Å². The number of rotatable bonds is 7. The molecular formula is C24H20FNO6. The summed E-state index contributed by atoms with van der Waals surface area (Å²) < 4.78 is 34.6. The second-order valence-corrected chi connectivity index (χ2v) is 7.02. The molecule has 3 aromatic carbocycles. The second kappa shape index (κ2) is 9.38. The number of nitrogens with one attached hydrogen (secondary N) is 1. The number of carbonyl (C=O) groups is 2. The minimum absolute atomic E-state index is 0.128. The normalized spacial score (nSPS) is 12.7. The van der Waals surface area contributed by atoms with Gasteiger partial charge in [-0.1, -0.05) is 24.3 Å². The highest BCUT2D eigenvalue weighted by Crippen LogP contribution is 2.34. The molecule has 7 nitrogen and oxygen atoms in total. The van der Waals surface area contributed by atoms with Crippen molar-refractivity contribution in [2.24, 2.45) is 0 Å². The Morgan fingerprint density at radius 1 is 1.03 bits per heavy atom. The van der Waals surface area contributed by atoms with Crippen molar-refractivity contribution in [3.63, 3.8) is 0 Å². The van der Waals surface area contributed by atoms with Crippen LogP contribution in [0.15, 0.2) is 66.7 Å². The zero-order valence-corrected chi connectivity index (χ0v) is 17.2. The SMILES string of the molecule is C[C@H](OC(=O)c1ccccc1OCc1ccc(F)cc1)C(=O)Nc1ccc2c(c1)OCO2. The van der Waals surface area contributed by atoms with Crippen molar-refractivity contribution in [2.75, 3.05) is 12.1 Å². The van der Waals surface area contributed by atoms with Crippen LogP contribution in [0.25, 0.3) is 0 Å². The van der Waals surface area contributed by atoms with Crippen LogP contribution in [0.3, 0.4) is 0 Å². The van der Waals surface area contributed by atoms with Gasteiger partial charge in [-0.05, 0) is 48.9 Å². The van der Waals surface area contributed by atoms with Gasteiger partial charge in [-0.2, -0.15) is 0 Å². The van der Waals surface area contributed by atoms with Crippen LogP contribution < -0.4 is 19.5 Å². The summed E-state index contributed by atoms with van der Waals surface area (Å²) in [5, 5.41) is 2.68. The summed E-state index contributed by atoms with van der Waals surface area (Å²) in [7, 11) is 0. The Bertz CT molecular complexity index is 1130. The number of esters is 1. The Morgan fingerprint density at radius 2 is 1.78 bits per heavy atom. The summed E-state index contributed by atoms with van der Waals surface area (Å²) in [6.45, 7) is 1.75. The fraction of sp³-hybridized carbons (Fsp3) is 0.167. The molecule has 1 aliphatic rings. The summed E-state index contributed by atoms with van der Waals surface area (Å²) in [5.41, 5.74) is 1.41. The van der Waals surface area contributed by atoms with Gasteiger partial charge >= 0.3 is 5.97 Å². The van der Waals surface area contributed by atoms with Crippen LogP contribution in [0, 0.1) is 5.82 Å². The van der Waals surface area contributed by atoms with E-state index in [9.17, 15) is 14.0 Å². The standard InChI is InChI=1S/C24H20FNO6/c1-15(23(27)26-18-10-11-21-22(12-18)31-14-30-21)32-24(28)19-4-2-3-5-20(19)29-13-16-6-8-17(25)9-7-16/h2-12,15H,13-14H2,1H3,(H,26,27)/t15-/m0/s1. The van der Waals surface area contributed by atoms with Crippen molar-refractivity contribution in [3.8, 4) is 17.2 Å². The molecule has 164 valence electrons. The van der Waals surface area contributed by atoms with E-state index in [4.69, 9.17) is 18.9 Å². The number of carbonyl (C=O) groups excluding carboxylic acids is 2. The van der Waals surface area contributed by atoms with E-state index in [-0.39, 0.29) is 24.8 Å².